The van der Waals surface area contributed by atoms with Crippen LogP contribution < -0.4 is 0 Å². The van der Waals surface area contributed by atoms with Crippen LogP contribution in [0, 0.1) is 0 Å². The Morgan fingerprint density at radius 3 is 0.633 bits per heavy atom. The molecule has 4 heterocycles. The van der Waals surface area contributed by atoms with Crippen molar-refractivity contribution in [3.05, 3.63) is 97.6 Å². The van der Waals surface area contributed by atoms with Crippen LogP contribution in [0.2, 0.25) is 0 Å². The predicted molar refractivity (Wildman–Crippen MR) is 119 cm³/mol. The van der Waals surface area contributed by atoms with E-state index in [1.807, 2.05) is 48.5 Å². The van der Waals surface area contributed by atoms with Crippen molar-refractivity contribution in [2.75, 3.05) is 0 Å². The molecule has 0 bridgehead atoms. The number of pyridine rings is 4. The van der Waals surface area contributed by atoms with E-state index in [-0.39, 0.29) is 40.8 Å². The van der Waals surface area contributed by atoms with Gasteiger partial charge in [-0.3, -0.25) is 19.9 Å². The van der Waals surface area contributed by atoms with Crippen molar-refractivity contribution in [1.29, 1.82) is 0 Å². The molecule has 0 aliphatic rings. The zero-order chi connectivity index (χ0) is 20.5. The van der Waals surface area contributed by atoms with Gasteiger partial charge in [0.25, 0.3) is 0 Å². The summed E-state index contributed by atoms with van der Waals surface area (Å²) >= 11 is 18.8. The fraction of sp³-hybridized carbons (Fsp3) is 0. The quantitative estimate of drug-likeness (QED) is 0.209. The van der Waals surface area contributed by atoms with Crippen molar-refractivity contribution in [3.63, 3.8) is 0 Å². The largest absolute Gasteiger partial charge is 2.00 e. The van der Waals surface area contributed by atoms with Crippen LogP contribution >= 0.6 is 0 Å². The standard InChI is InChI=1S/4C5H5NS.2Pd/c4*7-5-3-1-2-4-6-5;;/h4*1-4H,(H,6,7);;/q;;;;2*+2/p-4. The molecule has 0 amide bonds. The Balaban J connectivity index is 0. The summed E-state index contributed by atoms with van der Waals surface area (Å²) in [6.45, 7) is 0. The smallest absolute Gasteiger partial charge is 0.760 e. The molecule has 0 fully saturated rings. The van der Waals surface area contributed by atoms with E-state index in [0.717, 1.165) is 0 Å². The Hall–Kier alpha value is -1.20. The predicted octanol–water partition coefficient (Wildman–Crippen LogP) is 3.94. The van der Waals surface area contributed by atoms with Gasteiger partial charge in [-0.25, -0.2) is 0 Å². The van der Waals surface area contributed by atoms with E-state index in [1.54, 1.807) is 49.1 Å². The number of hydrogen-bond acceptors (Lipinski definition) is 8. The van der Waals surface area contributed by atoms with Gasteiger partial charge in [-0.15, -0.1) is 0 Å². The minimum Gasteiger partial charge on any atom is -0.760 e. The van der Waals surface area contributed by atoms with E-state index in [4.69, 9.17) is 50.5 Å². The maximum atomic E-state index is 4.70. The van der Waals surface area contributed by atoms with Crippen LogP contribution in [0.3, 0.4) is 0 Å². The molecule has 4 rings (SSSR count). The van der Waals surface area contributed by atoms with E-state index in [9.17, 15) is 0 Å². The number of aromatic nitrogens is 4. The van der Waals surface area contributed by atoms with Gasteiger partial charge in [0.05, 0.1) is 0 Å². The minimum absolute atomic E-state index is 0. The maximum Gasteiger partial charge on any atom is 2.00 e. The SMILES string of the molecule is [Pd+2].[Pd+2].[S-]c1ccccn1.[S-]c1ccccn1.[S-]c1ccccn1.[S-]c1ccccn1. The summed E-state index contributed by atoms with van der Waals surface area (Å²) in [6, 6.07) is 22.0. The molecule has 0 N–H and O–H groups in total. The molecule has 0 aromatic carbocycles. The zero-order valence-corrected chi connectivity index (χ0v) is 21.7. The Kier molecular flexibility index (Phi) is 21.8. The van der Waals surface area contributed by atoms with Gasteiger partial charge in [0.15, 0.2) is 0 Å². The van der Waals surface area contributed by atoms with Gasteiger partial charge in [-0.1, -0.05) is 68.6 Å². The van der Waals surface area contributed by atoms with E-state index >= 15 is 0 Å². The number of rotatable bonds is 0. The summed E-state index contributed by atoms with van der Waals surface area (Å²) < 4.78 is 0. The molecule has 0 unspecified atom stereocenters. The first-order valence-corrected chi connectivity index (χ1v) is 9.53. The maximum absolute atomic E-state index is 4.70. The van der Waals surface area contributed by atoms with Crippen molar-refractivity contribution in [2.24, 2.45) is 0 Å². The average molecular weight is 653 g/mol. The second-order valence-electron chi connectivity index (χ2n) is 4.67. The molecule has 0 spiro atoms. The van der Waals surface area contributed by atoms with E-state index < -0.39 is 0 Å². The summed E-state index contributed by atoms with van der Waals surface area (Å²) in [4.78, 5) is 15.2. The molecule has 0 radical (unpaired) electrons. The van der Waals surface area contributed by atoms with Gasteiger partial charge in [0.2, 0.25) is 0 Å². The summed E-state index contributed by atoms with van der Waals surface area (Å²) in [7, 11) is 0. The monoisotopic (exact) mass is 652 g/mol. The number of nitrogens with zero attached hydrogens (tertiary/aromatic N) is 4. The van der Waals surface area contributed by atoms with Gasteiger partial charge >= 0.3 is 40.8 Å². The molecule has 10 heteroatoms. The minimum atomic E-state index is 0. The van der Waals surface area contributed by atoms with E-state index in [1.165, 1.54) is 0 Å². The van der Waals surface area contributed by atoms with Gasteiger partial charge in [0.1, 0.15) is 0 Å². The Bertz CT molecular complexity index is 713. The third-order valence-corrected chi connectivity index (χ3v) is 3.52. The molecule has 0 saturated heterocycles. The van der Waals surface area contributed by atoms with Gasteiger partial charge in [0, 0.05) is 24.8 Å². The Morgan fingerprint density at radius 2 is 0.567 bits per heavy atom. The van der Waals surface area contributed by atoms with Crippen LogP contribution in [-0.2, 0) is 91.4 Å². The molecular weight excluding hydrogens is 637 g/mol. The molecule has 0 aliphatic heterocycles. The van der Waals surface area contributed by atoms with Crippen LogP contribution in [0.15, 0.2) is 118 Å². The average Bonchev–Trinajstić information content (AvgIpc) is 2.72. The third kappa shape index (κ3) is 18.8. The molecule has 4 aromatic heterocycles. The summed E-state index contributed by atoms with van der Waals surface area (Å²) in [5.74, 6) is 0. The fourth-order valence-electron chi connectivity index (χ4n) is 1.39. The van der Waals surface area contributed by atoms with E-state index in [2.05, 4.69) is 19.9 Å². The van der Waals surface area contributed by atoms with Crippen LogP contribution in [0.5, 0.6) is 0 Å². The summed E-state index contributed by atoms with van der Waals surface area (Å²) in [5, 5.41) is 2.62. The Morgan fingerprint density at radius 1 is 0.367 bits per heavy atom. The van der Waals surface area contributed by atoms with Crippen molar-refractivity contribution in [3.8, 4) is 0 Å². The van der Waals surface area contributed by atoms with Crippen LogP contribution in [0.1, 0.15) is 0 Å². The van der Waals surface area contributed by atoms with Crippen molar-refractivity contribution < 1.29 is 40.8 Å². The molecule has 4 aromatic rings. The molecular formula is C20H16N4Pd2S4. The van der Waals surface area contributed by atoms with Crippen LogP contribution in [0.25, 0.3) is 0 Å². The zero-order valence-electron chi connectivity index (χ0n) is 15.3. The first kappa shape index (κ1) is 31.0. The molecule has 0 atom stereocenters. The van der Waals surface area contributed by atoms with Crippen molar-refractivity contribution in [2.45, 2.75) is 20.1 Å². The first-order valence-electron chi connectivity index (χ1n) is 7.90. The van der Waals surface area contributed by atoms with Gasteiger partial charge < -0.3 is 50.5 Å². The normalized spacial score (nSPS) is 8.00. The second kappa shape index (κ2) is 21.1. The van der Waals surface area contributed by atoms with Crippen LogP contribution in [-0.4, -0.2) is 19.9 Å². The Labute approximate surface area is 227 Å². The van der Waals surface area contributed by atoms with Crippen molar-refractivity contribution >= 4 is 50.5 Å². The fourth-order valence-corrected chi connectivity index (χ4v) is 1.95. The number of hydrogen-bond donors (Lipinski definition) is 0. The van der Waals surface area contributed by atoms with E-state index in [0.29, 0.717) is 20.1 Å². The third-order valence-electron chi connectivity index (χ3n) is 2.55. The van der Waals surface area contributed by atoms with Crippen molar-refractivity contribution in [1.82, 2.24) is 19.9 Å². The molecule has 30 heavy (non-hydrogen) atoms. The molecule has 4 nitrogen and oxygen atoms in total. The second-order valence-corrected chi connectivity index (χ2v) is 6.35. The van der Waals surface area contributed by atoms with Crippen LogP contribution in [0.4, 0.5) is 0 Å². The molecule has 0 aliphatic carbocycles. The first-order chi connectivity index (χ1) is 13.6. The molecule has 160 valence electrons. The summed E-state index contributed by atoms with van der Waals surface area (Å²) in [5.41, 5.74) is 0. The topological polar surface area (TPSA) is 51.6 Å². The van der Waals surface area contributed by atoms with Gasteiger partial charge in [-0.05, 0) is 24.3 Å². The molecule has 0 saturated carbocycles. The summed E-state index contributed by atoms with van der Waals surface area (Å²) in [6.07, 6.45) is 6.73. The van der Waals surface area contributed by atoms with Gasteiger partial charge in [-0.2, -0.15) is 0 Å².